The molecule has 0 saturated carbocycles. The van der Waals surface area contributed by atoms with Gasteiger partial charge in [0.15, 0.2) is 17.7 Å². The van der Waals surface area contributed by atoms with Gasteiger partial charge in [-0.2, -0.15) is 0 Å². The van der Waals surface area contributed by atoms with Gasteiger partial charge >= 0.3 is 5.97 Å². The highest BCUT2D eigenvalue weighted by Crippen LogP contribution is 2.52. The summed E-state index contributed by atoms with van der Waals surface area (Å²) in [7, 11) is 1.57. The topological polar surface area (TPSA) is 92.8 Å². The molecule has 4 atom stereocenters. The van der Waals surface area contributed by atoms with Crippen LogP contribution in [0.5, 0.6) is 5.75 Å². The van der Waals surface area contributed by atoms with Gasteiger partial charge in [-0.05, 0) is 58.9 Å². The van der Waals surface area contributed by atoms with Crippen LogP contribution in [0.25, 0.3) is 0 Å². The largest absolute Gasteiger partial charge is 0.497 e. The van der Waals surface area contributed by atoms with Crippen molar-refractivity contribution in [1.29, 1.82) is 0 Å². The van der Waals surface area contributed by atoms with E-state index < -0.39 is 41.4 Å². The summed E-state index contributed by atoms with van der Waals surface area (Å²) < 4.78 is 34.4. The van der Waals surface area contributed by atoms with Gasteiger partial charge in [-0.1, -0.05) is 0 Å². The third-order valence-electron chi connectivity index (χ3n) is 5.71. The van der Waals surface area contributed by atoms with Gasteiger partial charge in [0.05, 0.1) is 20.3 Å². The fraction of sp³-hybridized carbons (Fsp3) is 0.636. The predicted octanol–water partition coefficient (Wildman–Crippen LogP) is 2.02. The average Bonchev–Trinajstić information content (AvgIpc) is 3.22. The molecule has 1 aromatic carbocycles. The molecule has 3 fully saturated rings. The lowest BCUT2D eigenvalue weighted by Crippen LogP contribution is -2.82. The Morgan fingerprint density at radius 2 is 1.81 bits per heavy atom. The summed E-state index contributed by atoms with van der Waals surface area (Å²) in [6, 6.07) is 6.42. The lowest BCUT2D eigenvalue weighted by Gasteiger charge is -2.55. The third kappa shape index (κ3) is 3.49. The van der Waals surface area contributed by atoms with Crippen molar-refractivity contribution in [2.45, 2.75) is 70.0 Å². The summed E-state index contributed by atoms with van der Waals surface area (Å²) in [6.45, 7) is 9.04. The number of benzene rings is 1. The summed E-state index contributed by atoms with van der Waals surface area (Å²) in [5.74, 6) is -2.36. The molecule has 3 saturated heterocycles. The Kier molecular flexibility index (Phi) is 5.28. The quantitative estimate of drug-likeness (QED) is 0.512. The van der Waals surface area contributed by atoms with Gasteiger partial charge in [0, 0.05) is 5.69 Å². The standard InChI is InChI=1S/C22H29NO8/c1-7-27-18(24)17-22(31-21(4,5)30-17)16(15-12-28-20(2,3)29-15)23(19(22)25)13-8-10-14(26-6)11-9-13/h8-11,15-17H,7,12H2,1-6H3/t15?,16-,17+,22-/m0/s1. The number of methoxy groups -OCH3 is 1. The molecule has 0 N–H and O–H groups in total. The van der Waals surface area contributed by atoms with E-state index in [1.807, 2.05) is 0 Å². The monoisotopic (exact) mass is 435 g/mol. The van der Waals surface area contributed by atoms with Crippen molar-refractivity contribution in [3.8, 4) is 5.75 Å². The zero-order valence-corrected chi connectivity index (χ0v) is 18.7. The summed E-state index contributed by atoms with van der Waals surface area (Å²) in [6.07, 6.45) is -1.76. The number of amides is 1. The van der Waals surface area contributed by atoms with E-state index in [9.17, 15) is 9.59 Å². The van der Waals surface area contributed by atoms with Gasteiger partial charge in [-0.3, -0.25) is 4.79 Å². The Labute approximate surface area is 181 Å². The first-order valence-corrected chi connectivity index (χ1v) is 10.4. The predicted molar refractivity (Wildman–Crippen MR) is 109 cm³/mol. The minimum atomic E-state index is -1.58. The van der Waals surface area contributed by atoms with Crippen molar-refractivity contribution in [1.82, 2.24) is 0 Å². The first-order chi connectivity index (χ1) is 14.5. The van der Waals surface area contributed by atoms with Crippen molar-refractivity contribution in [3.05, 3.63) is 24.3 Å². The van der Waals surface area contributed by atoms with Crippen molar-refractivity contribution in [3.63, 3.8) is 0 Å². The van der Waals surface area contributed by atoms with Crippen LogP contribution in [0.2, 0.25) is 0 Å². The van der Waals surface area contributed by atoms with Gasteiger partial charge in [0.1, 0.15) is 17.9 Å². The highest BCUT2D eigenvalue weighted by molar-refractivity contribution is 6.12. The van der Waals surface area contributed by atoms with E-state index in [1.165, 1.54) is 0 Å². The van der Waals surface area contributed by atoms with Crippen LogP contribution in [0.3, 0.4) is 0 Å². The number of β-lactam (4-membered cyclic amide) rings is 1. The first kappa shape index (κ1) is 22.0. The van der Waals surface area contributed by atoms with E-state index in [4.69, 9.17) is 28.4 Å². The maximum absolute atomic E-state index is 13.7. The highest BCUT2D eigenvalue weighted by Gasteiger charge is 2.77. The Balaban J connectivity index is 1.77. The molecule has 4 rings (SSSR count). The molecule has 9 nitrogen and oxygen atoms in total. The molecule has 0 aromatic heterocycles. The molecule has 1 unspecified atom stereocenters. The molecule has 1 aromatic rings. The first-order valence-electron chi connectivity index (χ1n) is 10.4. The number of hydrogen-bond acceptors (Lipinski definition) is 8. The summed E-state index contributed by atoms with van der Waals surface area (Å²) >= 11 is 0. The molecule has 3 heterocycles. The second-order valence-corrected chi connectivity index (χ2v) is 8.73. The van der Waals surface area contributed by atoms with Crippen LogP contribution in [0.4, 0.5) is 5.69 Å². The number of ether oxygens (including phenoxy) is 6. The Morgan fingerprint density at radius 3 is 2.35 bits per heavy atom. The van der Waals surface area contributed by atoms with Gasteiger partial charge in [-0.25, -0.2) is 4.79 Å². The number of carbonyl (C=O) groups excluding carboxylic acids is 2. The number of rotatable bonds is 5. The lowest BCUT2D eigenvalue weighted by molar-refractivity contribution is -0.201. The average molecular weight is 435 g/mol. The van der Waals surface area contributed by atoms with E-state index in [2.05, 4.69) is 0 Å². The zero-order chi connectivity index (χ0) is 22.6. The smallest absolute Gasteiger partial charge is 0.339 e. The molecule has 1 amide bonds. The number of anilines is 1. The lowest BCUT2D eigenvalue weighted by atomic mass is 9.74. The molecule has 3 aliphatic heterocycles. The molecule has 9 heteroatoms. The molecule has 3 aliphatic rings. The number of esters is 1. The molecule has 0 radical (unpaired) electrons. The van der Waals surface area contributed by atoms with Crippen molar-refractivity contribution in [2.75, 3.05) is 25.2 Å². The van der Waals surface area contributed by atoms with E-state index in [0.29, 0.717) is 11.4 Å². The Hall–Kier alpha value is -2.20. The highest BCUT2D eigenvalue weighted by atomic mass is 16.8. The molecular formula is C22H29NO8. The number of carbonyl (C=O) groups is 2. The van der Waals surface area contributed by atoms with Gasteiger partial charge < -0.3 is 33.3 Å². The van der Waals surface area contributed by atoms with Crippen LogP contribution >= 0.6 is 0 Å². The molecular weight excluding hydrogens is 406 g/mol. The van der Waals surface area contributed by atoms with Crippen molar-refractivity contribution < 1.29 is 38.0 Å². The fourth-order valence-electron chi connectivity index (χ4n) is 4.57. The Morgan fingerprint density at radius 1 is 1.13 bits per heavy atom. The molecule has 1 spiro atoms. The zero-order valence-electron chi connectivity index (χ0n) is 18.7. The summed E-state index contributed by atoms with van der Waals surface area (Å²) in [4.78, 5) is 28.1. The van der Waals surface area contributed by atoms with Crippen LogP contribution in [0.1, 0.15) is 34.6 Å². The van der Waals surface area contributed by atoms with Crippen molar-refractivity contribution in [2.24, 2.45) is 0 Å². The normalized spacial score (nSPS) is 33.4. The van der Waals surface area contributed by atoms with Gasteiger partial charge in [0.25, 0.3) is 5.91 Å². The van der Waals surface area contributed by atoms with Gasteiger partial charge in [-0.15, -0.1) is 0 Å². The summed E-state index contributed by atoms with van der Waals surface area (Å²) in [5.41, 5.74) is -0.949. The summed E-state index contributed by atoms with van der Waals surface area (Å²) in [5, 5.41) is 0. The Bertz CT molecular complexity index is 867. The maximum atomic E-state index is 13.7. The minimum Gasteiger partial charge on any atom is -0.497 e. The molecule has 170 valence electrons. The molecule has 0 aliphatic carbocycles. The van der Waals surface area contributed by atoms with E-state index in [0.717, 1.165) is 0 Å². The van der Waals surface area contributed by atoms with E-state index >= 15 is 0 Å². The minimum absolute atomic E-state index is 0.159. The van der Waals surface area contributed by atoms with E-state index in [-0.39, 0.29) is 19.1 Å². The van der Waals surface area contributed by atoms with Crippen LogP contribution in [0, 0.1) is 0 Å². The SMILES string of the molecule is CCOC(=O)[C@H]1OC(C)(C)O[C@]12C(=O)N(c1ccc(OC)cc1)[C@H]2C1COC(C)(C)O1. The van der Waals surface area contributed by atoms with Crippen LogP contribution in [-0.4, -0.2) is 67.6 Å². The van der Waals surface area contributed by atoms with Crippen molar-refractivity contribution >= 4 is 17.6 Å². The molecule has 0 bridgehead atoms. The number of hydrogen-bond donors (Lipinski definition) is 0. The van der Waals surface area contributed by atoms with Crippen LogP contribution in [-0.2, 0) is 33.3 Å². The fourth-order valence-corrected chi connectivity index (χ4v) is 4.57. The molecule has 31 heavy (non-hydrogen) atoms. The second kappa shape index (κ2) is 7.44. The van der Waals surface area contributed by atoms with Crippen LogP contribution in [0.15, 0.2) is 24.3 Å². The van der Waals surface area contributed by atoms with Crippen LogP contribution < -0.4 is 9.64 Å². The third-order valence-corrected chi connectivity index (χ3v) is 5.71. The second-order valence-electron chi connectivity index (χ2n) is 8.73. The maximum Gasteiger partial charge on any atom is 0.339 e. The van der Waals surface area contributed by atoms with E-state index in [1.54, 1.807) is 70.9 Å². The van der Waals surface area contributed by atoms with Gasteiger partial charge in [0.2, 0.25) is 5.60 Å². The number of nitrogens with zero attached hydrogens (tertiary/aromatic N) is 1.